The Kier molecular flexibility index (Phi) is 7.13. The van der Waals surface area contributed by atoms with Crippen molar-refractivity contribution in [2.75, 3.05) is 4.90 Å². The summed E-state index contributed by atoms with van der Waals surface area (Å²) in [5.41, 5.74) is 19.5. The summed E-state index contributed by atoms with van der Waals surface area (Å²) in [4.78, 5) is 4.05. The summed E-state index contributed by atoms with van der Waals surface area (Å²) in [6.45, 7) is 16.7. The second-order valence-corrected chi connectivity index (χ2v) is 21.1. The summed E-state index contributed by atoms with van der Waals surface area (Å²) in [7, 11) is 0. The molecular weight excluding hydrogens is 768 g/mol. The van der Waals surface area contributed by atoms with Crippen molar-refractivity contribution < 1.29 is 0 Å². The van der Waals surface area contributed by atoms with Gasteiger partial charge in [-0.05, 0) is 91.0 Å². The fourth-order valence-electron chi connectivity index (χ4n) is 11.9. The topological polar surface area (TPSA) is 8.17 Å². The van der Waals surface area contributed by atoms with Crippen molar-refractivity contribution in [1.29, 1.82) is 0 Å². The van der Waals surface area contributed by atoms with Gasteiger partial charge in [0.15, 0.2) is 0 Å². The molecule has 0 saturated heterocycles. The summed E-state index contributed by atoms with van der Waals surface area (Å²) in [6.07, 6.45) is 0. The van der Waals surface area contributed by atoms with Crippen LogP contribution in [0.25, 0.3) is 64.2 Å². The van der Waals surface area contributed by atoms with Crippen LogP contribution in [0.5, 0.6) is 0 Å². The Labute approximate surface area is 368 Å². The predicted molar refractivity (Wildman–Crippen MR) is 268 cm³/mol. The van der Waals surface area contributed by atoms with Crippen molar-refractivity contribution in [3.63, 3.8) is 0 Å². The van der Waals surface area contributed by atoms with Crippen LogP contribution in [0.15, 0.2) is 158 Å². The molecule has 13 rings (SSSR count). The van der Waals surface area contributed by atoms with Gasteiger partial charge >= 0.3 is 6.85 Å². The molecule has 298 valence electrons. The first-order chi connectivity index (χ1) is 29.9. The third kappa shape index (κ3) is 4.61. The van der Waals surface area contributed by atoms with Crippen LogP contribution in [0.2, 0.25) is 0 Å². The van der Waals surface area contributed by atoms with Crippen LogP contribution >= 0.6 is 11.3 Å². The number of anilines is 3. The van der Waals surface area contributed by atoms with Gasteiger partial charge < -0.3 is 9.38 Å². The number of benzene rings is 8. The third-order valence-corrected chi connectivity index (χ3v) is 16.1. The highest BCUT2D eigenvalue weighted by molar-refractivity contribution is 7.26. The van der Waals surface area contributed by atoms with E-state index in [-0.39, 0.29) is 23.1 Å². The summed E-state index contributed by atoms with van der Waals surface area (Å²) in [5, 5.41) is 6.61. The number of rotatable bonds is 2. The van der Waals surface area contributed by atoms with E-state index in [2.05, 4.69) is 216 Å². The average molecular weight is 815 g/mol. The summed E-state index contributed by atoms with van der Waals surface area (Å²) >= 11 is 1.95. The van der Waals surface area contributed by atoms with E-state index in [1.54, 1.807) is 0 Å². The molecule has 0 unspecified atom stereocenters. The molecule has 4 heterocycles. The monoisotopic (exact) mass is 814 g/mol. The maximum absolute atomic E-state index is 2.77. The van der Waals surface area contributed by atoms with Gasteiger partial charge in [0, 0.05) is 59.4 Å². The fourth-order valence-corrected chi connectivity index (χ4v) is 13.1. The van der Waals surface area contributed by atoms with Crippen LogP contribution in [0, 0.1) is 0 Å². The molecule has 0 atom stereocenters. The van der Waals surface area contributed by atoms with E-state index in [1.807, 2.05) is 11.3 Å². The predicted octanol–water partition coefficient (Wildman–Crippen LogP) is 14.5. The Morgan fingerprint density at radius 2 is 1.19 bits per heavy atom. The summed E-state index contributed by atoms with van der Waals surface area (Å²) in [5.74, 6) is 0. The molecule has 3 aliphatic rings. The minimum atomic E-state index is -0.219. The molecule has 0 radical (unpaired) electrons. The van der Waals surface area contributed by atoms with Crippen LogP contribution in [0.4, 0.5) is 17.1 Å². The Bertz CT molecular complexity index is 3580. The Morgan fingerprint density at radius 1 is 0.532 bits per heavy atom. The second-order valence-electron chi connectivity index (χ2n) is 20.1. The molecule has 4 heteroatoms. The van der Waals surface area contributed by atoms with Crippen molar-refractivity contribution in [2.45, 2.75) is 64.7 Å². The summed E-state index contributed by atoms with van der Waals surface area (Å²) < 4.78 is 4.11. The highest BCUT2D eigenvalue weighted by Gasteiger charge is 2.48. The molecule has 0 bridgehead atoms. The quantitative estimate of drug-likeness (QED) is 0.158. The molecule has 0 N–H and O–H groups in total. The Hall–Kier alpha value is -6.36. The van der Waals surface area contributed by atoms with Crippen LogP contribution in [-0.2, 0) is 16.2 Å². The van der Waals surface area contributed by atoms with Crippen LogP contribution in [0.3, 0.4) is 0 Å². The highest BCUT2D eigenvalue weighted by atomic mass is 32.1. The normalized spacial score (nSPS) is 15.5. The van der Waals surface area contributed by atoms with Gasteiger partial charge in [-0.3, -0.25) is 0 Å². The van der Waals surface area contributed by atoms with Gasteiger partial charge in [-0.2, -0.15) is 0 Å². The zero-order chi connectivity index (χ0) is 42.0. The largest absolute Gasteiger partial charge is 0.367 e. The number of nitrogens with zero attached hydrogens (tertiary/aromatic N) is 2. The van der Waals surface area contributed by atoms with Gasteiger partial charge in [0.1, 0.15) is 0 Å². The molecule has 0 spiro atoms. The molecule has 62 heavy (non-hydrogen) atoms. The lowest BCUT2D eigenvalue weighted by atomic mass is 9.44. The van der Waals surface area contributed by atoms with Crippen LogP contribution in [-0.4, -0.2) is 11.3 Å². The van der Waals surface area contributed by atoms with Gasteiger partial charge in [-0.15, -0.1) is 11.3 Å². The first kappa shape index (κ1) is 36.3. The van der Waals surface area contributed by atoms with Gasteiger partial charge in [0.25, 0.3) is 0 Å². The molecule has 2 nitrogen and oxygen atoms in total. The molecule has 1 aliphatic carbocycles. The van der Waals surface area contributed by atoms with Gasteiger partial charge in [-0.25, -0.2) is 0 Å². The third-order valence-electron chi connectivity index (χ3n) is 15.0. The van der Waals surface area contributed by atoms with Gasteiger partial charge in [0.2, 0.25) is 0 Å². The zero-order valence-electron chi connectivity index (χ0n) is 36.4. The first-order valence-corrected chi connectivity index (χ1v) is 23.0. The molecule has 8 aromatic carbocycles. The number of hydrogen-bond acceptors (Lipinski definition) is 2. The van der Waals surface area contributed by atoms with Crippen LogP contribution in [0.1, 0.15) is 76.3 Å². The molecule has 10 aromatic rings. The number of para-hydroxylation sites is 1. The smallest absolute Gasteiger partial charge is 0.333 e. The van der Waals surface area contributed by atoms with E-state index in [9.17, 15) is 0 Å². The highest BCUT2D eigenvalue weighted by Crippen LogP contribution is 2.55. The number of fused-ring (bicyclic) bond motifs is 13. The van der Waals surface area contributed by atoms with E-state index in [1.165, 1.54) is 120 Å². The molecule has 2 aliphatic heterocycles. The second kappa shape index (κ2) is 12.2. The zero-order valence-corrected chi connectivity index (χ0v) is 37.2. The van der Waals surface area contributed by atoms with Crippen molar-refractivity contribution in [3.8, 4) is 22.3 Å². The van der Waals surface area contributed by atoms with Crippen molar-refractivity contribution in [3.05, 3.63) is 186 Å². The maximum Gasteiger partial charge on any atom is 0.333 e. The number of hydrogen-bond donors (Lipinski definition) is 0. The molecular formula is C58H47BN2S. The van der Waals surface area contributed by atoms with Gasteiger partial charge in [0.05, 0.1) is 16.2 Å². The maximum atomic E-state index is 2.77. The van der Waals surface area contributed by atoms with Crippen molar-refractivity contribution in [1.82, 2.24) is 4.48 Å². The summed E-state index contributed by atoms with van der Waals surface area (Å²) in [6, 6.07) is 60.6. The van der Waals surface area contributed by atoms with E-state index in [4.69, 9.17) is 0 Å². The standard InChI is InChI=1S/C58H47BN2S/c1-56(2,3)36-28-29-48(41(31-36)34-18-9-8-10-19-34)60-49-33-46-45(57(4,5)43-25-14-15-26-44(43)58(46,6)7)32-47(49)59-52-42(30-35-20-11-12-21-37(35)54(52)60)38-23-17-24-40-51-39-22-13-16-27-50(39)62-55(51)61(59)53(38)40/h8-33H,1-7H3. The lowest BCUT2D eigenvalue weighted by Gasteiger charge is -2.47. The van der Waals surface area contributed by atoms with E-state index < -0.39 is 0 Å². The molecule has 0 saturated carbocycles. The first-order valence-electron chi connectivity index (χ1n) is 22.2. The lowest BCUT2D eigenvalue weighted by Crippen LogP contribution is -2.57. The molecule has 0 amide bonds. The van der Waals surface area contributed by atoms with Crippen molar-refractivity contribution >= 4 is 88.2 Å². The van der Waals surface area contributed by atoms with Crippen molar-refractivity contribution in [2.24, 2.45) is 0 Å². The lowest BCUT2D eigenvalue weighted by molar-refractivity contribution is 0.521. The van der Waals surface area contributed by atoms with E-state index >= 15 is 0 Å². The number of aromatic nitrogens is 1. The van der Waals surface area contributed by atoms with E-state index in [0.717, 1.165) is 0 Å². The minimum absolute atomic E-state index is 0.0211. The van der Waals surface area contributed by atoms with E-state index in [0.29, 0.717) is 0 Å². The average Bonchev–Trinajstić information content (AvgIpc) is 3.82. The Balaban J connectivity index is 1.24. The van der Waals surface area contributed by atoms with Crippen LogP contribution < -0.4 is 15.8 Å². The number of thiophene rings is 1. The SMILES string of the molecule is CC(C)(C)c1ccc(N2c3cc4c(cc3B3c5c(cc6ccccc6c52)-c2cccc5c6c7ccccc7sc6n3c25)C(C)(C)c2ccccc2C4(C)C)c(-c2ccccc2)c1. The molecule has 0 fully saturated rings. The molecule has 2 aromatic heterocycles. The van der Waals surface area contributed by atoms with Gasteiger partial charge in [-0.1, -0.05) is 176 Å². The fraction of sp³-hybridized carbons (Fsp3) is 0.172. The Morgan fingerprint density at radius 3 is 1.95 bits per heavy atom. The minimum Gasteiger partial charge on any atom is -0.367 e.